The highest BCUT2D eigenvalue weighted by molar-refractivity contribution is 6.02. The molecule has 0 N–H and O–H groups in total. The van der Waals surface area contributed by atoms with Crippen molar-refractivity contribution in [2.75, 3.05) is 13.7 Å². The molecule has 2 amide bonds. The minimum Gasteiger partial charge on any atom is -0.496 e. The number of imide groups is 1. The molecule has 0 radical (unpaired) electrons. The third-order valence-electron chi connectivity index (χ3n) is 3.13. The van der Waals surface area contributed by atoms with Crippen LogP contribution in [0.15, 0.2) is 24.3 Å². The fourth-order valence-electron chi connectivity index (χ4n) is 2.05. The Labute approximate surface area is 116 Å². The fraction of sp³-hybridized carbons (Fsp3) is 0.267. The summed E-state index contributed by atoms with van der Waals surface area (Å²) in [6.45, 7) is 0.260. The molecule has 1 heterocycles. The third kappa shape index (κ3) is 2.93. The summed E-state index contributed by atoms with van der Waals surface area (Å²) < 4.78 is 5.19. The first kappa shape index (κ1) is 14.0. The average molecular weight is 273 g/mol. The SMILES string of the molecule is COc1cc(C=O)ccc1/C=C/CN1C(=O)CCC1=O. The van der Waals surface area contributed by atoms with Crippen LogP contribution in [-0.2, 0) is 9.59 Å². The van der Waals surface area contributed by atoms with Crippen LogP contribution in [0.5, 0.6) is 5.75 Å². The molecule has 0 aliphatic carbocycles. The summed E-state index contributed by atoms with van der Waals surface area (Å²) in [6, 6.07) is 5.08. The molecule has 1 aliphatic heterocycles. The first-order valence-corrected chi connectivity index (χ1v) is 6.28. The molecule has 0 aromatic heterocycles. The fourth-order valence-corrected chi connectivity index (χ4v) is 2.05. The van der Waals surface area contributed by atoms with Gasteiger partial charge in [-0.15, -0.1) is 0 Å². The minimum absolute atomic E-state index is 0.136. The van der Waals surface area contributed by atoms with Crippen LogP contribution in [0.1, 0.15) is 28.8 Å². The topological polar surface area (TPSA) is 63.7 Å². The van der Waals surface area contributed by atoms with Crippen LogP contribution in [0.3, 0.4) is 0 Å². The smallest absolute Gasteiger partial charge is 0.229 e. The Morgan fingerprint density at radius 1 is 1.25 bits per heavy atom. The Kier molecular flexibility index (Phi) is 4.30. The summed E-state index contributed by atoms with van der Waals surface area (Å²) in [5.41, 5.74) is 1.32. The van der Waals surface area contributed by atoms with Gasteiger partial charge in [0.05, 0.1) is 7.11 Å². The molecule has 1 fully saturated rings. The number of hydrogen-bond donors (Lipinski definition) is 0. The second-order valence-corrected chi connectivity index (χ2v) is 4.42. The van der Waals surface area contributed by atoms with E-state index in [4.69, 9.17) is 4.74 Å². The van der Waals surface area contributed by atoms with Crippen molar-refractivity contribution in [3.8, 4) is 5.75 Å². The summed E-state index contributed by atoms with van der Waals surface area (Å²) >= 11 is 0. The molecule has 1 aliphatic rings. The van der Waals surface area contributed by atoms with Crippen molar-refractivity contribution in [2.45, 2.75) is 12.8 Å². The number of amides is 2. The van der Waals surface area contributed by atoms with E-state index in [0.29, 0.717) is 24.2 Å². The van der Waals surface area contributed by atoms with Crippen molar-refractivity contribution in [1.82, 2.24) is 4.90 Å². The molecule has 0 bridgehead atoms. The summed E-state index contributed by atoms with van der Waals surface area (Å²) in [5, 5.41) is 0. The first-order chi connectivity index (χ1) is 9.65. The zero-order valence-corrected chi connectivity index (χ0v) is 11.2. The highest BCUT2D eigenvalue weighted by Gasteiger charge is 2.27. The van der Waals surface area contributed by atoms with E-state index in [2.05, 4.69) is 0 Å². The molecule has 1 aromatic rings. The summed E-state index contributed by atoms with van der Waals surface area (Å²) in [4.78, 5) is 34.8. The predicted molar refractivity (Wildman–Crippen MR) is 73.4 cm³/mol. The van der Waals surface area contributed by atoms with Gasteiger partial charge >= 0.3 is 0 Å². The predicted octanol–water partition coefficient (Wildman–Crippen LogP) is 1.67. The number of rotatable bonds is 5. The van der Waals surface area contributed by atoms with Crippen LogP contribution in [0.4, 0.5) is 0 Å². The van der Waals surface area contributed by atoms with Crippen LogP contribution in [0.2, 0.25) is 0 Å². The van der Waals surface area contributed by atoms with Gasteiger partial charge in [-0.1, -0.05) is 24.3 Å². The summed E-state index contributed by atoms with van der Waals surface area (Å²) in [7, 11) is 1.52. The van der Waals surface area contributed by atoms with E-state index in [9.17, 15) is 14.4 Å². The monoisotopic (exact) mass is 273 g/mol. The van der Waals surface area contributed by atoms with E-state index in [1.807, 2.05) is 0 Å². The van der Waals surface area contributed by atoms with E-state index in [1.165, 1.54) is 12.0 Å². The van der Waals surface area contributed by atoms with Crippen LogP contribution < -0.4 is 4.74 Å². The van der Waals surface area contributed by atoms with Crippen LogP contribution in [0.25, 0.3) is 6.08 Å². The van der Waals surface area contributed by atoms with Crippen LogP contribution in [-0.4, -0.2) is 36.7 Å². The summed E-state index contributed by atoms with van der Waals surface area (Å²) in [6.07, 6.45) is 4.84. The van der Waals surface area contributed by atoms with E-state index >= 15 is 0 Å². The number of methoxy groups -OCH3 is 1. The van der Waals surface area contributed by atoms with Gasteiger partial charge in [0.25, 0.3) is 0 Å². The van der Waals surface area contributed by atoms with Crippen molar-refractivity contribution in [2.24, 2.45) is 0 Å². The van der Waals surface area contributed by atoms with Crippen molar-refractivity contribution in [3.63, 3.8) is 0 Å². The third-order valence-corrected chi connectivity index (χ3v) is 3.13. The van der Waals surface area contributed by atoms with E-state index in [1.54, 1.807) is 30.4 Å². The van der Waals surface area contributed by atoms with Gasteiger partial charge in [-0.3, -0.25) is 19.3 Å². The molecule has 1 saturated heterocycles. The molecule has 0 saturated carbocycles. The number of benzene rings is 1. The van der Waals surface area contributed by atoms with Gasteiger partial charge in [0, 0.05) is 30.5 Å². The van der Waals surface area contributed by atoms with E-state index < -0.39 is 0 Å². The normalized spacial score (nSPS) is 15.2. The zero-order chi connectivity index (χ0) is 14.5. The second kappa shape index (κ2) is 6.14. The highest BCUT2D eigenvalue weighted by atomic mass is 16.5. The zero-order valence-electron chi connectivity index (χ0n) is 11.2. The molecule has 0 atom stereocenters. The molecule has 5 nitrogen and oxygen atoms in total. The lowest BCUT2D eigenvalue weighted by Gasteiger charge is -2.10. The quantitative estimate of drug-likeness (QED) is 0.604. The van der Waals surface area contributed by atoms with E-state index in [-0.39, 0.29) is 18.4 Å². The number of likely N-dealkylation sites (tertiary alicyclic amines) is 1. The van der Waals surface area contributed by atoms with Gasteiger partial charge < -0.3 is 4.74 Å². The van der Waals surface area contributed by atoms with Gasteiger partial charge in [0.1, 0.15) is 12.0 Å². The lowest BCUT2D eigenvalue weighted by molar-refractivity contribution is -0.137. The Balaban J connectivity index is 2.09. The molecule has 5 heteroatoms. The molecule has 2 rings (SSSR count). The maximum Gasteiger partial charge on any atom is 0.229 e. The maximum atomic E-state index is 11.4. The molecular weight excluding hydrogens is 258 g/mol. The second-order valence-electron chi connectivity index (χ2n) is 4.42. The molecule has 0 unspecified atom stereocenters. The van der Waals surface area contributed by atoms with Crippen LogP contribution >= 0.6 is 0 Å². The molecular formula is C15H15NO4. The molecule has 1 aromatic carbocycles. The average Bonchev–Trinajstić information content (AvgIpc) is 2.79. The Morgan fingerprint density at radius 2 is 1.95 bits per heavy atom. The number of ether oxygens (including phenoxy) is 1. The Bertz CT molecular complexity index is 561. The number of carbonyl (C=O) groups is 3. The number of nitrogens with zero attached hydrogens (tertiary/aromatic N) is 1. The van der Waals surface area contributed by atoms with Crippen LogP contribution in [0, 0.1) is 0 Å². The van der Waals surface area contributed by atoms with Crippen molar-refractivity contribution in [1.29, 1.82) is 0 Å². The lowest BCUT2D eigenvalue weighted by Crippen LogP contribution is -2.28. The molecule has 20 heavy (non-hydrogen) atoms. The maximum absolute atomic E-state index is 11.4. The van der Waals surface area contributed by atoms with Gasteiger partial charge in [0.2, 0.25) is 11.8 Å². The minimum atomic E-state index is -0.136. The number of carbonyl (C=O) groups excluding carboxylic acids is 3. The molecule has 104 valence electrons. The highest BCUT2D eigenvalue weighted by Crippen LogP contribution is 2.21. The van der Waals surface area contributed by atoms with Crippen molar-refractivity contribution >= 4 is 24.2 Å². The lowest BCUT2D eigenvalue weighted by atomic mass is 10.1. The number of aldehydes is 1. The van der Waals surface area contributed by atoms with E-state index in [0.717, 1.165) is 11.8 Å². The van der Waals surface area contributed by atoms with Gasteiger partial charge in [-0.2, -0.15) is 0 Å². The first-order valence-electron chi connectivity index (χ1n) is 6.28. The molecule has 0 spiro atoms. The Hall–Kier alpha value is -2.43. The van der Waals surface area contributed by atoms with Gasteiger partial charge in [0.15, 0.2) is 0 Å². The Morgan fingerprint density at radius 3 is 2.55 bits per heavy atom. The van der Waals surface area contributed by atoms with Gasteiger partial charge in [-0.05, 0) is 6.07 Å². The van der Waals surface area contributed by atoms with Crippen molar-refractivity contribution < 1.29 is 19.1 Å². The van der Waals surface area contributed by atoms with Gasteiger partial charge in [-0.25, -0.2) is 0 Å². The standard InChI is InChI=1S/C15H15NO4/c1-20-13-9-11(10-17)4-5-12(13)3-2-8-16-14(18)6-7-15(16)19/h2-5,9-10H,6-8H2,1H3/b3-2+. The summed E-state index contributed by atoms with van der Waals surface area (Å²) in [5.74, 6) is 0.302. The van der Waals surface area contributed by atoms with Crippen molar-refractivity contribution in [3.05, 3.63) is 35.4 Å². The number of hydrogen-bond acceptors (Lipinski definition) is 4. The largest absolute Gasteiger partial charge is 0.496 e.